The van der Waals surface area contributed by atoms with Crippen molar-refractivity contribution in [2.75, 3.05) is 5.32 Å². The maximum atomic E-state index is 12.6. The fourth-order valence-corrected chi connectivity index (χ4v) is 2.78. The van der Waals surface area contributed by atoms with Gasteiger partial charge in [-0.25, -0.2) is 14.6 Å². The van der Waals surface area contributed by atoms with Gasteiger partial charge in [0.2, 0.25) is 5.65 Å². The van der Waals surface area contributed by atoms with Crippen LogP contribution in [0.1, 0.15) is 34.2 Å². The number of benzene rings is 1. The molecular formula is C18H18N8O. The van der Waals surface area contributed by atoms with Crippen molar-refractivity contribution in [3.63, 3.8) is 0 Å². The molecule has 3 aromatic heterocycles. The van der Waals surface area contributed by atoms with E-state index in [0.29, 0.717) is 29.2 Å². The maximum absolute atomic E-state index is 12.6. The third-order valence-corrected chi connectivity index (χ3v) is 4.39. The van der Waals surface area contributed by atoms with Gasteiger partial charge in [0.25, 0.3) is 5.91 Å². The summed E-state index contributed by atoms with van der Waals surface area (Å²) in [7, 11) is 0. The zero-order valence-electron chi connectivity index (χ0n) is 15.0. The van der Waals surface area contributed by atoms with E-state index in [-0.39, 0.29) is 11.6 Å². The summed E-state index contributed by atoms with van der Waals surface area (Å²) in [6.45, 7) is 4.49. The number of nitrogens with zero attached hydrogens (tertiary/aromatic N) is 6. The highest BCUT2D eigenvalue weighted by atomic mass is 16.2. The molecule has 4 aromatic rings. The fourth-order valence-electron chi connectivity index (χ4n) is 2.78. The van der Waals surface area contributed by atoms with Gasteiger partial charge in [0.15, 0.2) is 17.0 Å². The lowest BCUT2D eigenvalue weighted by atomic mass is 10.1. The van der Waals surface area contributed by atoms with Crippen molar-refractivity contribution in [3.8, 4) is 0 Å². The first kappa shape index (κ1) is 16.8. The van der Waals surface area contributed by atoms with Crippen LogP contribution in [0.15, 0.2) is 36.7 Å². The van der Waals surface area contributed by atoms with Crippen LogP contribution in [-0.4, -0.2) is 41.1 Å². The van der Waals surface area contributed by atoms with Gasteiger partial charge in [-0.2, -0.15) is 5.10 Å². The summed E-state index contributed by atoms with van der Waals surface area (Å²) in [4.78, 5) is 20.9. The second-order valence-electron chi connectivity index (χ2n) is 6.13. The van der Waals surface area contributed by atoms with Crippen molar-refractivity contribution < 1.29 is 4.79 Å². The molecule has 1 aromatic carbocycles. The van der Waals surface area contributed by atoms with Crippen molar-refractivity contribution in [1.82, 2.24) is 35.2 Å². The van der Waals surface area contributed by atoms with E-state index in [0.717, 1.165) is 12.0 Å². The van der Waals surface area contributed by atoms with Gasteiger partial charge in [0, 0.05) is 12.4 Å². The van der Waals surface area contributed by atoms with Gasteiger partial charge in [-0.15, -0.1) is 5.10 Å². The molecule has 4 rings (SSSR count). The number of hydrogen-bond acceptors (Lipinski definition) is 6. The van der Waals surface area contributed by atoms with E-state index in [1.165, 1.54) is 11.8 Å². The molecule has 0 atom stereocenters. The third kappa shape index (κ3) is 3.26. The van der Waals surface area contributed by atoms with Gasteiger partial charge in [-0.1, -0.05) is 36.4 Å². The van der Waals surface area contributed by atoms with Crippen LogP contribution in [-0.2, 0) is 13.0 Å². The van der Waals surface area contributed by atoms with Gasteiger partial charge in [-0.3, -0.25) is 9.89 Å². The highest BCUT2D eigenvalue weighted by Crippen LogP contribution is 2.17. The van der Waals surface area contributed by atoms with Crippen LogP contribution in [0.2, 0.25) is 0 Å². The van der Waals surface area contributed by atoms with E-state index < -0.39 is 0 Å². The summed E-state index contributed by atoms with van der Waals surface area (Å²) in [5.41, 5.74) is 4.25. The topological polar surface area (TPSA) is 114 Å². The van der Waals surface area contributed by atoms with E-state index in [2.05, 4.69) is 67.0 Å². The molecule has 0 radical (unpaired) electrons. The Morgan fingerprint density at radius 3 is 2.67 bits per heavy atom. The molecule has 9 heteroatoms. The molecule has 3 heterocycles. The molecule has 27 heavy (non-hydrogen) atoms. The number of carbonyl (C=O) groups excluding carboxylic acids is 1. The highest BCUT2D eigenvalue weighted by Gasteiger charge is 2.19. The SMILES string of the molecule is CCc1ccc(Cn2nnc(C(=O)Nc3[nH]nc4nccnc34)c2C)cc1. The first-order chi connectivity index (χ1) is 13.2. The standard InChI is InChI=1S/C18H18N8O/c1-3-12-4-6-13(7-5-12)10-26-11(2)14(22-25-26)18(27)21-17-15-16(23-24-17)20-9-8-19-15/h4-9H,3,10H2,1-2H3,(H2,20,21,23,24,27). The minimum atomic E-state index is -0.378. The summed E-state index contributed by atoms with van der Waals surface area (Å²) >= 11 is 0. The smallest absolute Gasteiger partial charge is 0.279 e. The Labute approximate surface area is 154 Å². The van der Waals surface area contributed by atoms with Gasteiger partial charge in [-0.05, 0) is 24.5 Å². The van der Waals surface area contributed by atoms with E-state index in [9.17, 15) is 4.79 Å². The third-order valence-electron chi connectivity index (χ3n) is 4.39. The summed E-state index contributed by atoms with van der Waals surface area (Å²) in [5, 5.41) is 17.6. The van der Waals surface area contributed by atoms with Crippen molar-refractivity contribution in [1.29, 1.82) is 0 Å². The van der Waals surface area contributed by atoms with Crippen LogP contribution >= 0.6 is 0 Å². The number of aromatic amines is 1. The first-order valence-electron chi connectivity index (χ1n) is 8.60. The molecule has 0 saturated carbocycles. The predicted octanol–water partition coefficient (Wildman–Crippen LogP) is 2.12. The molecule has 136 valence electrons. The first-order valence-corrected chi connectivity index (χ1v) is 8.60. The number of nitrogens with one attached hydrogen (secondary N) is 2. The average molecular weight is 362 g/mol. The number of carbonyl (C=O) groups is 1. The van der Waals surface area contributed by atoms with Crippen LogP contribution in [0.5, 0.6) is 0 Å². The molecule has 9 nitrogen and oxygen atoms in total. The number of aromatic nitrogens is 7. The van der Waals surface area contributed by atoms with Crippen LogP contribution in [0.25, 0.3) is 11.2 Å². The van der Waals surface area contributed by atoms with Crippen LogP contribution in [0.3, 0.4) is 0 Å². The number of amides is 1. The Bertz CT molecular complexity index is 1100. The number of rotatable bonds is 5. The lowest BCUT2D eigenvalue weighted by Gasteiger charge is -2.05. The molecule has 0 bridgehead atoms. The minimum Gasteiger partial charge on any atom is -0.304 e. The van der Waals surface area contributed by atoms with Gasteiger partial charge < -0.3 is 5.32 Å². The number of H-pyrrole nitrogens is 1. The van der Waals surface area contributed by atoms with Crippen LogP contribution in [0, 0.1) is 6.92 Å². The molecule has 0 fully saturated rings. The molecule has 0 saturated heterocycles. The van der Waals surface area contributed by atoms with Gasteiger partial charge >= 0.3 is 0 Å². The summed E-state index contributed by atoms with van der Waals surface area (Å²) < 4.78 is 1.71. The Morgan fingerprint density at radius 2 is 1.89 bits per heavy atom. The van der Waals surface area contributed by atoms with Crippen LogP contribution < -0.4 is 5.32 Å². The lowest BCUT2D eigenvalue weighted by Crippen LogP contribution is -2.15. The zero-order chi connectivity index (χ0) is 18.8. The predicted molar refractivity (Wildman–Crippen MR) is 99.3 cm³/mol. The molecule has 0 aliphatic rings. The average Bonchev–Trinajstić information content (AvgIpc) is 3.26. The monoisotopic (exact) mass is 362 g/mol. The Balaban J connectivity index is 1.53. The Morgan fingerprint density at radius 1 is 1.15 bits per heavy atom. The summed E-state index contributed by atoms with van der Waals surface area (Å²) in [6, 6.07) is 8.32. The van der Waals surface area contributed by atoms with E-state index in [1.807, 2.05) is 6.92 Å². The molecular weight excluding hydrogens is 344 g/mol. The Hall–Kier alpha value is -3.62. The van der Waals surface area contributed by atoms with E-state index >= 15 is 0 Å². The highest BCUT2D eigenvalue weighted by molar-refractivity contribution is 6.06. The van der Waals surface area contributed by atoms with Gasteiger partial charge in [0.1, 0.15) is 0 Å². The fraction of sp³-hybridized carbons (Fsp3) is 0.222. The molecule has 0 spiro atoms. The van der Waals surface area contributed by atoms with Crippen molar-refractivity contribution in [2.24, 2.45) is 0 Å². The van der Waals surface area contributed by atoms with Crippen molar-refractivity contribution >= 4 is 22.9 Å². The number of fused-ring (bicyclic) bond motifs is 1. The maximum Gasteiger partial charge on any atom is 0.279 e. The summed E-state index contributed by atoms with van der Waals surface area (Å²) in [6.07, 6.45) is 4.08. The lowest BCUT2D eigenvalue weighted by molar-refractivity contribution is 0.102. The number of anilines is 1. The largest absolute Gasteiger partial charge is 0.304 e. The molecule has 0 unspecified atom stereocenters. The van der Waals surface area contributed by atoms with Crippen LogP contribution in [0.4, 0.5) is 5.82 Å². The Kier molecular flexibility index (Phi) is 4.33. The van der Waals surface area contributed by atoms with Gasteiger partial charge in [0.05, 0.1) is 12.2 Å². The second kappa shape index (κ2) is 6.94. The summed E-state index contributed by atoms with van der Waals surface area (Å²) in [5.74, 6) is 0.00323. The zero-order valence-corrected chi connectivity index (χ0v) is 15.0. The number of aryl methyl sites for hydroxylation is 1. The van der Waals surface area contributed by atoms with Crippen molar-refractivity contribution in [3.05, 3.63) is 59.2 Å². The minimum absolute atomic E-state index is 0.256. The second-order valence-corrected chi connectivity index (χ2v) is 6.13. The number of hydrogen-bond donors (Lipinski definition) is 2. The van der Waals surface area contributed by atoms with E-state index in [1.54, 1.807) is 10.9 Å². The quantitative estimate of drug-likeness (QED) is 0.562. The molecule has 2 N–H and O–H groups in total. The van der Waals surface area contributed by atoms with Crippen molar-refractivity contribution in [2.45, 2.75) is 26.8 Å². The molecule has 0 aliphatic heterocycles. The molecule has 0 aliphatic carbocycles. The normalized spacial score (nSPS) is 11.0. The van der Waals surface area contributed by atoms with E-state index in [4.69, 9.17) is 0 Å². The molecule has 1 amide bonds.